The molecule has 0 amide bonds. The van der Waals surface area contributed by atoms with E-state index in [-0.39, 0.29) is 23.2 Å². The van der Waals surface area contributed by atoms with Gasteiger partial charge in [0.15, 0.2) is 0 Å². The summed E-state index contributed by atoms with van der Waals surface area (Å²) in [4.78, 5) is 21.9. The van der Waals surface area contributed by atoms with Gasteiger partial charge in [0.2, 0.25) is 5.95 Å². The number of ether oxygens (including phenoxy) is 1. The number of benzene rings is 1. The summed E-state index contributed by atoms with van der Waals surface area (Å²) in [6.07, 6.45) is 4.56. The number of fused-ring (bicyclic) bond motifs is 2. The minimum atomic E-state index is -0.280. The van der Waals surface area contributed by atoms with Gasteiger partial charge in [-0.25, -0.2) is 9.67 Å². The highest BCUT2D eigenvalue weighted by Crippen LogP contribution is 2.44. The molecule has 0 saturated heterocycles. The fourth-order valence-corrected chi connectivity index (χ4v) is 3.94. The van der Waals surface area contributed by atoms with Gasteiger partial charge < -0.3 is 4.74 Å². The summed E-state index contributed by atoms with van der Waals surface area (Å²) in [6.45, 7) is 8.35. The van der Waals surface area contributed by atoms with Crippen LogP contribution in [0.1, 0.15) is 38.3 Å². The van der Waals surface area contributed by atoms with Crippen molar-refractivity contribution in [1.29, 1.82) is 0 Å². The van der Waals surface area contributed by atoms with Gasteiger partial charge in [-0.05, 0) is 29.5 Å². The number of carbonyl (C=O) groups is 1. The van der Waals surface area contributed by atoms with Crippen molar-refractivity contribution in [2.45, 2.75) is 32.7 Å². The molecule has 0 bridgehead atoms. The van der Waals surface area contributed by atoms with Crippen molar-refractivity contribution in [3.05, 3.63) is 48.8 Å². The average Bonchev–Trinajstić information content (AvgIpc) is 3.05. The lowest BCUT2D eigenvalue weighted by Gasteiger charge is -2.40. The van der Waals surface area contributed by atoms with Gasteiger partial charge in [0, 0.05) is 12.1 Å². The Hall–Kier alpha value is -2.76. The fraction of sp³-hybridized carbons (Fsp3) is 0.400. The Labute approximate surface area is 152 Å². The Kier molecular flexibility index (Phi) is 3.98. The zero-order valence-electron chi connectivity index (χ0n) is 15.1. The molecule has 6 heteroatoms. The molecular formula is C20H22N4O2. The maximum atomic E-state index is 13.0. The summed E-state index contributed by atoms with van der Waals surface area (Å²) in [5.41, 5.74) is 1.86. The smallest absolute Gasteiger partial charge is 0.248 e. The molecule has 0 spiro atoms. The van der Waals surface area contributed by atoms with E-state index in [1.54, 1.807) is 10.8 Å². The van der Waals surface area contributed by atoms with Crippen LogP contribution in [0.25, 0.3) is 0 Å². The molecule has 1 aliphatic carbocycles. The third kappa shape index (κ3) is 2.85. The average molecular weight is 350 g/mol. The van der Waals surface area contributed by atoms with Crippen LogP contribution in [0.3, 0.4) is 0 Å². The van der Waals surface area contributed by atoms with Crippen LogP contribution < -0.4 is 4.74 Å². The summed E-state index contributed by atoms with van der Waals surface area (Å²) in [5.74, 6) is 1.28. The first-order chi connectivity index (χ1) is 12.5. The van der Waals surface area contributed by atoms with Crippen LogP contribution in [0, 0.1) is 11.3 Å². The molecule has 2 unspecified atom stereocenters. The molecule has 2 aliphatic rings. The topological polar surface area (TPSA) is 69.4 Å². The number of hydrogen-bond acceptors (Lipinski definition) is 5. The van der Waals surface area contributed by atoms with E-state index < -0.39 is 0 Å². The van der Waals surface area contributed by atoms with Crippen LogP contribution in [0.4, 0.5) is 5.95 Å². The molecule has 1 aromatic carbocycles. The van der Waals surface area contributed by atoms with Crippen LogP contribution in [0.2, 0.25) is 0 Å². The summed E-state index contributed by atoms with van der Waals surface area (Å²) < 4.78 is 7.33. The van der Waals surface area contributed by atoms with E-state index in [1.165, 1.54) is 6.33 Å². The van der Waals surface area contributed by atoms with Crippen molar-refractivity contribution in [2.24, 2.45) is 16.3 Å². The lowest BCUT2D eigenvalue weighted by Crippen LogP contribution is -2.44. The quantitative estimate of drug-likeness (QED) is 0.791. The maximum absolute atomic E-state index is 13.0. The van der Waals surface area contributed by atoms with Gasteiger partial charge in [-0.3, -0.25) is 4.79 Å². The Balaban J connectivity index is 1.74. The molecule has 1 fully saturated rings. The number of rotatable bonds is 4. The molecule has 1 saturated carbocycles. The van der Waals surface area contributed by atoms with E-state index >= 15 is 0 Å². The third-order valence-corrected chi connectivity index (χ3v) is 4.98. The molecule has 1 aromatic heterocycles. The first-order valence-corrected chi connectivity index (χ1v) is 8.82. The monoisotopic (exact) mass is 350 g/mol. The predicted molar refractivity (Wildman–Crippen MR) is 98.9 cm³/mol. The van der Waals surface area contributed by atoms with E-state index in [9.17, 15) is 4.79 Å². The summed E-state index contributed by atoms with van der Waals surface area (Å²) in [5, 5.41) is 4.35. The normalized spacial score (nSPS) is 23.6. The van der Waals surface area contributed by atoms with Crippen molar-refractivity contribution >= 4 is 17.4 Å². The number of ketones is 1. The van der Waals surface area contributed by atoms with Crippen LogP contribution in [0.15, 0.2) is 48.2 Å². The fourth-order valence-electron chi connectivity index (χ4n) is 3.94. The highest BCUT2D eigenvalue weighted by atomic mass is 16.5. The standard InChI is InChI=1S/C20H22N4O2/c1-4-9-26-14-7-5-13(6-8-14)18-17-15(10-20(2,3)11-16(17)25)23-19-21-12-22-24(18)19/h4-8,12,17-18H,1,9-11H2,2-3H3. The van der Waals surface area contributed by atoms with Crippen molar-refractivity contribution in [3.8, 4) is 5.75 Å². The second-order valence-corrected chi connectivity index (χ2v) is 7.68. The Morgan fingerprint density at radius 3 is 2.81 bits per heavy atom. The summed E-state index contributed by atoms with van der Waals surface area (Å²) in [7, 11) is 0. The molecule has 0 radical (unpaired) electrons. The highest BCUT2D eigenvalue weighted by molar-refractivity contribution is 6.09. The number of aliphatic imine (C=N–C) groups is 1. The number of nitrogens with zero attached hydrogens (tertiary/aromatic N) is 4. The predicted octanol–water partition coefficient (Wildman–Crippen LogP) is 3.52. The number of Topliss-reactive ketones (excluding diaryl/α,β-unsaturated/α-hetero) is 1. The van der Waals surface area contributed by atoms with E-state index in [0.29, 0.717) is 19.0 Å². The zero-order valence-corrected chi connectivity index (χ0v) is 15.1. The summed E-state index contributed by atoms with van der Waals surface area (Å²) >= 11 is 0. The molecule has 1 aliphatic heterocycles. The lowest BCUT2D eigenvalue weighted by atomic mass is 9.67. The van der Waals surface area contributed by atoms with Gasteiger partial charge in [0.25, 0.3) is 0 Å². The maximum Gasteiger partial charge on any atom is 0.248 e. The summed E-state index contributed by atoms with van der Waals surface area (Å²) in [6, 6.07) is 7.60. The van der Waals surface area contributed by atoms with Gasteiger partial charge in [-0.1, -0.05) is 38.6 Å². The number of aromatic nitrogens is 3. The third-order valence-electron chi connectivity index (χ3n) is 4.98. The van der Waals surface area contributed by atoms with E-state index in [4.69, 9.17) is 4.74 Å². The number of carbonyl (C=O) groups excluding carboxylic acids is 1. The lowest BCUT2D eigenvalue weighted by molar-refractivity contribution is -0.124. The van der Waals surface area contributed by atoms with Crippen LogP contribution in [-0.4, -0.2) is 32.9 Å². The minimum absolute atomic E-state index is 0.0679. The largest absolute Gasteiger partial charge is 0.490 e. The molecule has 26 heavy (non-hydrogen) atoms. The first-order valence-electron chi connectivity index (χ1n) is 8.82. The van der Waals surface area contributed by atoms with E-state index in [1.807, 2.05) is 24.3 Å². The Morgan fingerprint density at radius 1 is 1.31 bits per heavy atom. The molecular weight excluding hydrogens is 328 g/mol. The van der Waals surface area contributed by atoms with E-state index in [2.05, 4.69) is 35.5 Å². The zero-order chi connectivity index (χ0) is 18.3. The molecule has 4 rings (SSSR count). The SMILES string of the molecule is C=CCOc1ccc(C2C3C(=O)CC(C)(C)CC3=Nc3ncnn32)cc1. The van der Waals surface area contributed by atoms with Crippen LogP contribution >= 0.6 is 0 Å². The van der Waals surface area contributed by atoms with Gasteiger partial charge in [-0.15, -0.1) is 0 Å². The molecule has 2 aromatic rings. The van der Waals surface area contributed by atoms with Crippen molar-refractivity contribution in [3.63, 3.8) is 0 Å². The van der Waals surface area contributed by atoms with Gasteiger partial charge in [0.05, 0.1) is 12.0 Å². The molecule has 2 atom stereocenters. The second kappa shape index (κ2) is 6.20. The van der Waals surface area contributed by atoms with Crippen molar-refractivity contribution in [2.75, 3.05) is 6.61 Å². The van der Waals surface area contributed by atoms with Crippen LogP contribution in [-0.2, 0) is 4.79 Å². The highest BCUT2D eigenvalue weighted by Gasteiger charge is 2.46. The van der Waals surface area contributed by atoms with E-state index in [0.717, 1.165) is 23.4 Å². The Bertz CT molecular complexity index is 879. The molecule has 6 nitrogen and oxygen atoms in total. The molecule has 134 valence electrons. The van der Waals surface area contributed by atoms with Gasteiger partial charge >= 0.3 is 0 Å². The Morgan fingerprint density at radius 2 is 2.08 bits per heavy atom. The molecule has 0 N–H and O–H groups in total. The molecule has 2 heterocycles. The van der Waals surface area contributed by atoms with Gasteiger partial charge in [-0.2, -0.15) is 10.1 Å². The minimum Gasteiger partial charge on any atom is -0.490 e. The number of hydrogen-bond donors (Lipinski definition) is 0. The second-order valence-electron chi connectivity index (χ2n) is 7.68. The first kappa shape index (κ1) is 16.7. The van der Waals surface area contributed by atoms with Gasteiger partial charge in [0.1, 0.15) is 24.5 Å². The van der Waals surface area contributed by atoms with Crippen LogP contribution in [0.5, 0.6) is 5.75 Å². The van der Waals surface area contributed by atoms with Crippen molar-refractivity contribution in [1.82, 2.24) is 14.8 Å². The van der Waals surface area contributed by atoms with Crippen molar-refractivity contribution < 1.29 is 9.53 Å².